The predicted molar refractivity (Wildman–Crippen MR) is 111 cm³/mol. The van der Waals surface area contributed by atoms with Crippen LogP contribution in [0.4, 0.5) is 0 Å². The summed E-state index contributed by atoms with van der Waals surface area (Å²) >= 11 is 0. The first-order chi connectivity index (χ1) is 14.1. The summed E-state index contributed by atoms with van der Waals surface area (Å²) in [6.07, 6.45) is 3.28. The van der Waals surface area contributed by atoms with Crippen LogP contribution < -0.4 is 5.49 Å². The van der Waals surface area contributed by atoms with Crippen molar-refractivity contribution in [2.45, 2.75) is 46.2 Å². The molecule has 0 aliphatic rings. The van der Waals surface area contributed by atoms with Crippen molar-refractivity contribution in [3.8, 4) is 6.07 Å². The lowest BCUT2D eigenvalue weighted by Gasteiger charge is -2.07. The number of hydrogen-bond donors (Lipinski definition) is 0. The summed E-state index contributed by atoms with van der Waals surface area (Å²) in [4.78, 5) is 16.9. The summed E-state index contributed by atoms with van der Waals surface area (Å²) in [7, 11) is 0. The number of nitriles is 1. The Bertz CT molecular complexity index is 1090. The SMILES string of the molecule is Cc1nn(CCC#N)c(C)c1CCC(=O)N=c1ccccn1Cc1ccccc1. The van der Waals surface area contributed by atoms with Gasteiger partial charge in [-0.1, -0.05) is 36.4 Å². The summed E-state index contributed by atoms with van der Waals surface area (Å²) in [5.74, 6) is -0.151. The molecule has 3 aromatic rings. The Kier molecular flexibility index (Phi) is 6.75. The van der Waals surface area contributed by atoms with E-state index in [4.69, 9.17) is 5.26 Å². The van der Waals surface area contributed by atoms with Crippen molar-refractivity contribution in [1.82, 2.24) is 14.3 Å². The number of pyridine rings is 1. The van der Waals surface area contributed by atoms with Crippen LogP contribution in [0.25, 0.3) is 0 Å². The van der Waals surface area contributed by atoms with E-state index in [1.807, 2.05) is 65.7 Å². The van der Waals surface area contributed by atoms with Crippen LogP contribution in [-0.4, -0.2) is 20.3 Å². The van der Waals surface area contributed by atoms with Crippen molar-refractivity contribution in [3.63, 3.8) is 0 Å². The Hall–Kier alpha value is -3.46. The minimum Gasteiger partial charge on any atom is -0.329 e. The molecule has 148 valence electrons. The van der Waals surface area contributed by atoms with E-state index in [2.05, 4.69) is 28.3 Å². The third-order valence-electron chi connectivity index (χ3n) is 4.91. The standard InChI is InChI=1S/C23H25N5O/c1-18-21(19(2)28(26-18)16-8-14-24)12-13-23(29)25-22-11-6-7-15-27(22)17-20-9-4-3-5-10-20/h3-7,9-11,15H,8,12-13,16-17H2,1-2H3. The smallest absolute Gasteiger partial charge is 0.247 e. The van der Waals surface area contributed by atoms with E-state index in [0.717, 1.165) is 22.5 Å². The van der Waals surface area contributed by atoms with Crippen LogP contribution in [0, 0.1) is 25.2 Å². The van der Waals surface area contributed by atoms with Gasteiger partial charge in [-0.05, 0) is 43.5 Å². The molecule has 0 aliphatic heterocycles. The molecule has 2 aromatic heterocycles. The molecule has 0 saturated heterocycles. The van der Waals surface area contributed by atoms with Crippen LogP contribution >= 0.6 is 0 Å². The molecule has 0 unspecified atom stereocenters. The fraction of sp³-hybridized carbons (Fsp3) is 0.304. The number of benzene rings is 1. The lowest BCUT2D eigenvalue weighted by atomic mass is 10.1. The monoisotopic (exact) mass is 387 g/mol. The zero-order valence-electron chi connectivity index (χ0n) is 16.9. The Balaban J connectivity index is 1.72. The van der Waals surface area contributed by atoms with Crippen LogP contribution in [-0.2, 0) is 24.3 Å². The highest BCUT2D eigenvalue weighted by Gasteiger charge is 2.13. The number of aryl methyl sites for hydroxylation is 2. The largest absolute Gasteiger partial charge is 0.329 e. The van der Waals surface area contributed by atoms with Gasteiger partial charge in [0.1, 0.15) is 5.49 Å². The number of amides is 1. The summed E-state index contributed by atoms with van der Waals surface area (Å²) in [5, 5.41) is 13.3. The van der Waals surface area contributed by atoms with Gasteiger partial charge in [-0.2, -0.15) is 15.4 Å². The van der Waals surface area contributed by atoms with Gasteiger partial charge in [0.2, 0.25) is 5.91 Å². The summed E-state index contributed by atoms with van der Waals surface area (Å²) in [5.41, 5.74) is 4.80. The normalized spacial score (nSPS) is 11.4. The van der Waals surface area contributed by atoms with E-state index in [9.17, 15) is 4.79 Å². The molecule has 0 radical (unpaired) electrons. The van der Waals surface area contributed by atoms with Gasteiger partial charge in [-0.15, -0.1) is 0 Å². The van der Waals surface area contributed by atoms with Crippen molar-refractivity contribution in [1.29, 1.82) is 5.26 Å². The number of hydrogen-bond acceptors (Lipinski definition) is 3. The third kappa shape index (κ3) is 5.29. The molecular weight excluding hydrogens is 362 g/mol. The quantitative estimate of drug-likeness (QED) is 0.624. The third-order valence-corrected chi connectivity index (χ3v) is 4.91. The van der Waals surface area contributed by atoms with Gasteiger partial charge < -0.3 is 4.57 Å². The molecule has 3 rings (SSSR count). The Labute approximate surface area is 170 Å². The molecule has 0 N–H and O–H groups in total. The van der Waals surface area contributed by atoms with Crippen LogP contribution in [0.15, 0.2) is 59.7 Å². The second kappa shape index (κ2) is 9.65. The number of rotatable bonds is 7. The number of carbonyl (C=O) groups is 1. The van der Waals surface area contributed by atoms with E-state index >= 15 is 0 Å². The lowest BCUT2D eigenvalue weighted by Crippen LogP contribution is -2.22. The number of carbonyl (C=O) groups excluding carboxylic acids is 1. The van der Waals surface area contributed by atoms with Crippen LogP contribution in [0.1, 0.15) is 35.4 Å². The lowest BCUT2D eigenvalue weighted by molar-refractivity contribution is -0.118. The van der Waals surface area contributed by atoms with E-state index in [-0.39, 0.29) is 5.91 Å². The summed E-state index contributed by atoms with van der Waals surface area (Å²) in [6.45, 7) is 5.17. The van der Waals surface area contributed by atoms with E-state index in [0.29, 0.717) is 37.8 Å². The highest BCUT2D eigenvalue weighted by atomic mass is 16.1. The van der Waals surface area contributed by atoms with Gasteiger partial charge >= 0.3 is 0 Å². The van der Waals surface area contributed by atoms with Crippen LogP contribution in [0.5, 0.6) is 0 Å². The van der Waals surface area contributed by atoms with Gasteiger partial charge in [-0.3, -0.25) is 9.48 Å². The first-order valence-corrected chi connectivity index (χ1v) is 9.75. The molecule has 0 aliphatic carbocycles. The maximum Gasteiger partial charge on any atom is 0.247 e. The predicted octanol–water partition coefficient (Wildman–Crippen LogP) is 3.32. The molecule has 2 heterocycles. The molecule has 0 saturated carbocycles. The first kappa shape index (κ1) is 20.3. The van der Waals surface area contributed by atoms with Gasteiger partial charge in [0.05, 0.1) is 24.7 Å². The second-order valence-electron chi connectivity index (χ2n) is 6.96. The van der Waals surface area contributed by atoms with Gasteiger partial charge in [0.25, 0.3) is 0 Å². The molecule has 0 spiro atoms. The molecule has 1 aromatic carbocycles. The summed E-state index contributed by atoms with van der Waals surface area (Å²) < 4.78 is 3.82. The Morgan fingerprint density at radius 1 is 1.14 bits per heavy atom. The fourth-order valence-corrected chi connectivity index (χ4v) is 3.37. The zero-order chi connectivity index (χ0) is 20.6. The fourth-order valence-electron chi connectivity index (χ4n) is 3.37. The van der Waals surface area contributed by atoms with Crippen molar-refractivity contribution in [3.05, 3.63) is 82.7 Å². The number of nitrogens with zero attached hydrogens (tertiary/aromatic N) is 5. The molecule has 1 amide bonds. The maximum atomic E-state index is 12.5. The van der Waals surface area contributed by atoms with Crippen molar-refractivity contribution in [2.24, 2.45) is 4.99 Å². The Morgan fingerprint density at radius 3 is 2.66 bits per heavy atom. The molecule has 29 heavy (non-hydrogen) atoms. The molecular formula is C23H25N5O. The van der Waals surface area contributed by atoms with Crippen molar-refractivity contribution in [2.75, 3.05) is 0 Å². The van der Waals surface area contributed by atoms with Gasteiger partial charge in [0, 0.05) is 24.9 Å². The molecule has 6 nitrogen and oxygen atoms in total. The van der Waals surface area contributed by atoms with Gasteiger partial charge in [-0.25, -0.2) is 0 Å². The first-order valence-electron chi connectivity index (χ1n) is 9.75. The number of aromatic nitrogens is 3. The molecule has 0 fully saturated rings. The topological polar surface area (TPSA) is 76.0 Å². The van der Waals surface area contributed by atoms with E-state index in [1.165, 1.54) is 0 Å². The average molecular weight is 387 g/mol. The maximum absolute atomic E-state index is 12.5. The average Bonchev–Trinajstić information content (AvgIpc) is 3.00. The van der Waals surface area contributed by atoms with Crippen LogP contribution in [0.2, 0.25) is 0 Å². The van der Waals surface area contributed by atoms with E-state index in [1.54, 1.807) is 0 Å². The zero-order valence-corrected chi connectivity index (χ0v) is 16.9. The highest BCUT2D eigenvalue weighted by molar-refractivity contribution is 5.77. The van der Waals surface area contributed by atoms with Crippen molar-refractivity contribution < 1.29 is 4.79 Å². The minimum atomic E-state index is -0.151. The van der Waals surface area contributed by atoms with Crippen molar-refractivity contribution >= 4 is 5.91 Å². The minimum absolute atomic E-state index is 0.151. The van der Waals surface area contributed by atoms with Crippen LogP contribution in [0.3, 0.4) is 0 Å². The highest BCUT2D eigenvalue weighted by Crippen LogP contribution is 2.15. The summed E-state index contributed by atoms with van der Waals surface area (Å²) in [6, 6.07) is 17.9. The molecule has 6 heteroatoms. The van der Waals surface area contributed by atoms with E-state index < -0.39 is 0 Å². The van der Waals surface area contributed by atoms with Gasteiger partial charge in [0.15, 0.2) is 0 Å². The molecule has 0 bridgehead atoms. The molecule has 0 atom stereocenters. The Morgan fingerprint density at radius 2 is 1.90 bits per heavy atom. The second-order valence-corrected chi connectivity index (χ2v) is 6.96.